The Hall–Kier alpha value is -3.48. The minimum atomic E-state index is -0.429. The molecule has 34 heavy (non-hydrogen) atoms. The monoisotopic (exact) mass is 470 g/mol. The van der Waals surface area contributed by atoms with Crippen LogP contribution in [0.25, 0.3) is 0 Å². The van der Waals surface area contributed by atoms with Crippen LogP contribution in [0.5, 0.6) is 5.75 Å². The number of anilines is 1. The van der Waals surface area contributed by atoms with Gasteiger partial charge >= 0.3 is 0 Å². The van der Waals surface area contributed by atoms with E-state index in [1.807, 2.05) is 45.9 Å². The molecule has 0 bridgehead atoms. The van der Waals surface area contributed by atoms with Gasteiger partial charge in [-0.1, -0.05) is 31.2 Å². The van der Waals surface area contributed by atoms with Crippen LogP contribution in [0.1, 0.15) is 44.7 Å². The van der Waals surface area contributed by atoms with Crippen LogP contribution in [-0.4, -0.2) is 24.5 Å². The Bertz CT molecular complexity index is 1060. The number of halogens is 2. The number of ether oxygens (including phenoxy) is 1. The fourth-order valence-electron chi connectivity index (χ4n) is 3.16. The number of carbonyl (C=O) groups excluding carboxylic acids is 2. The largest absolute Gasteiger partial charge is 0.481 e. The average Bonchev–Trinajstić information content (AvgIpc) is 2.78. The Morgan fingerprint density at radius 2 is 1.79 bits per heavy atom. The van der Waals surface area contributed by atoms with Crippen molar-refractivity contribution in [1.82, 2.24) is 5.32 Å². The highest BCUT2D eigenvalue weighted by Gasteiger charge is 2.16. The Labute approximate surface area is 199 Å². The van der Waals surface area contributed by atoms with Crippen LogP contribution in [0.2, 0.25) is 0 Å². The molecule has 2 amide bonds. The normalized spacial score (nSPS) is 12.7. The van der Waals surface area contributed by atoms with Gasteiger partial charge in [-0.05, 0) is 81.5 Å². The number of benzene rings is 2. The number of hydrogen-bond acceptors (Lipinski definition) is 3. The molecule has 0 fully saturated rings. The van der Waals surface area contributed by atoms with Crippen LogP contribution in [0.15, 0.2) is 66.0 Å². The van der Waals surface area contributed by atoms with Gasteiger partial charge in [0.1, 0.15) is 5.83 Å². The Kier molecular flexibility index (Phi) is 10.5. The standard InChI is InChI=1S/C14H14FNO.C13H18FNO2/c1-10-5-4-6-11(9-10)16-14(17)12-7-2-3-8-13(12)15;1-4-10-5-6-12(11(14)7-10)17-8-13(16)15-9(2)3/h4-9H,2-3H2,1H3,(H,16,17);5-7,9H,4,8H2,1-3H3,(H,15,16). The van der Waals surface area contributed by atoms with E-state index in [0.29, 0.717) is 18.5 Å². The van der Waals surface area contributed by atoms with Gasteiger partial charge < -0.3 is 15.4 Å². The van der Waals surface area contributed by atoms with Gasteiger partial charge in [0.05, 0.1) is 5.57 Å². The molecule has 0 atom stereocenters. The Balaban J connectivity index is 0.000000240. The predicted octanol–water partition coefficient (Wildman–Crippen LogP) is 5.80. The van der Waals surface area contributed by atoms with E-state index in [-0.39, 0.29) is 35.8 Å². The summed E-state index contributed by atoms with van der Waals surface area (Å²) in [4.78, 5) is 23.1. The maximum absolute atomic E-state index is 13.5. The lowest BCUT2D eigenvalue weighted by Gasteiger charge is -2.10. The molecule has 1 aliphatic rings. The zero-order valence-electron chi connectivity index (χ0n) is 20.1. The van der Waals surface area contributed by atoms with Crippen molar-refractivity contribution in [2.45, 2.75) is 53.0 Å². The van der Waals surface area contributed by atoms with Gasteiger partial charge in [0.15, 0.2) is 18.2 Å². The minimum Gasteiger partial charge on any atom is -0.481 e. The van der Waals surface area contributed by atoms with Crippen molar-refractivity contribution in [3.05, 3.63) is 83.0 Å². The highest BCUT2D eigenvalue weighted by atomic mass is 19.1. The molecule has 0 saturated heterocycles. The van der Waals surface area contributed by atoms with Crippen LogP contribution in [0.4, 0.5) is 14.5 Å². The van der Waals surface area contributed by atoms with Crippen LogP contribution in [0, 0.1) is 12.7 Å². The van der Waals surface area contributed by atoms with Crippen molar-refractivity contribution in [1.29, 1.82) is 0 Å². The zero-order valence-corrected chi connectivity index (χ0v) is 20.1. The average molecular weight is 471 g/mol. The van der Waals surface area contributed by atoms with E-state index in [4.69, 9.17) is 4.74 Å². The van der Waals surface area contributed by atoms with Crippen molar-refractivity contribution in [2.75, 3.05) is 11.9 Å². The van der Waals surface area contributed by atoms with Crippen molar-refractivity contribution in [3.63, 3.8) is 0 Å². The van der Waals surface area contributed by atoms with Gasteiger partial charge in [0, 0.05) is 11.7 Å². The van der Waals surface area contributed by atoms with E-state index in [1.165, 1.54) is 12.1 Å². The molecule has 1 aliphatic carbocycles. The van der Waals surface area contributed by atoms with E-state index in [0.717, 1.165) is 17.5 Å². The quantitative estimate of drug-likeness (QED) is 0.538. The minimum absolute atomic E-state index is 0.0541. The zero-order chi connectivity index (χ0) is 25.1. The smallest absolute Gasteiger partial charge is 0.258 e. The first-order valence-corrected chi connectivity index (χ1v) is 11.3. The van der Waals surface area contributed by atoms with Gasteiger partial charge in [0.2, 0.25) is 0 Å². The van der Waals surface area contributed by atoms with Gasteiger partial charge in [-0.15, -0.1) is 0 Å². The van der Waals surface area contributed by atoms with E-state index >= 15 is 0 Å². The molecule has 0 unspecified atom stereocenters. The molecule has 2 aromatic carbocycles. The predicted molar refractivity (Wildman–Crippen MR) is 131 cm³/mol. The van der Waals surface area contributed by atoms with Gasteiger partial charge in [-0.25, -0.2) is 8.78 Å². The molecule has 2 N–H and O–H groups in total. The third-order valence-electron chi connectivity index (χ3n) is 4.83. The Morgan fingerprint density at radius 3 is 2.41 bits per heavy atom. The first-order valence-electron chi connectivity index (χ1n) is 11.3. The summed E-state index contributed by atoms with van der Waals surface area (Å²) in [6, 6.07) is 12.3. The summed E-state index contributed by atoms with van der Waals surface area (Å²) in [7, 11) is 0. The number of aryl methyl sites for hydroxylation is 2. The molecule has 0 heterocycles. The van der Waals surface area contributed by atoms with E-state index in [9.17, 15) is 18.4 Å². The first-order chi connectivity index (χ1) is 16.2. The molecule has 0 radical (unpaired) electrons. The SMILES string of the molecule is CCc1ccc(OCC(=O)NC(C)C)c(F)c1.Cc1cccc(NC(=O)C2=CCCC=C2F)c1. The Morgan fingerprint density at radius 1 is 1.06 bits per heavy atom. The van der Waals surface area contributed by atoms with Gasteiger partial charge in [-0.3, -0.25) is 9.59 Å². The maximum Gasteiger partial charge on any atom is 0.258 e. The summed E-state index contributed by atoms with van der Waals surface area (Å²) in [6.45, 7) is 7.44. The molecule has 0 saturated carbocycles. The van der Waals surface area contributed by atoms with Crippen molar-refractivity contribution in [3.8, 4) is 5.75 Å². The van der Waals surface area contributed by atoms with Gasteiger partial charge in [0.25, 0.3) is 11.8 Å². The lowest BCUT2D eigenvalue weighted by atomic mass is 10.1. The number of rotatable bonds is 7. The lowest BCUT2D eigenvalue weighted by Crippen LogP contribution is -2.34. The number of carbonyl (C=O) groups is 2. The van der Waals surface area contributed by atoms with Crippen molar-refractivity contribution >= 4 is 17.5 Å². The van der Waals surface area contributed by atoms with E-state index in [1.54, 1.807) is 24.3 Å². The molecule has 0 aliphatic heterocycles. The van der Waals surface area contributed by atoms with Crippen LogP contribution < -0.4 is 15.4 Å². The molecule has 3 rings (SSSR count). The third kappa shape index (κ3) is 8.81. The maximum atomic E-state index is 13.5. The number of nitrogens with one attached hydrogen (secondary N) is 2. The molecule has 0 aromatic heterocycles. The van der Waals surface area contributed by atoms with Crippen LogP contribution in [-0.2, 0) is 16.0 Å². The second kappa shape index (κ2) is 13.3. The molecule has 7 heteroatoms. The molecule has 2 aromatic rings. The van der Waals surface area contributed by atoms with E-state index in [2.05, 4.69) is 10.6 Å². The topological polar surface area (TPSA) is 67.4 Å². The molecule has 182 valence electrons. The summed E-state index contributed by atoms with van der Waals surface area (Å²) in [5.74, 6) is -1.38. The fourth-order valence-corrected chi connectivity index (χ4v) is 3.16. The molecule has 5 nitrogen and oxygen atoms in total. The fraction of sp³-hybridized carbons (Fsp3) is 0.333. The van der Waals surface area contributed by atoms with Crippen molar-refractivity contribution < 1.29 is 23.1 Å². The molecular formula is C27H32F2N2O3. The lowest BCUT2D eigenvalue weighted by molar-refractivity contribution is -0.123. The van der Waals surface area contributed by atoms with E-state index < -0.39 is 11.6 Å². The molecule has 0 spiro atoms. The number of amides is 2. The van der Waals surface area contributed by atoms with Gasteiger partial charge in [-0.2, -0.15) is 0 Å². The summed E-state index contributed by atoms with van der Waals surface area (Å²) >= 11 is 0. The first kappa shape index (κ1) is 26.8. The second-order valence-corrected chi connectivity index (χ2v) is 8.20. The number of hydrogen-bond donors (Lipinski definition) is 2. The second-order valence-electron chi connectivity index (χ2n) is 8.20. The summed E-state index contributed by atoms with van der Waals surface area (Å²) in [5.41, 5.74) is 2.78. The van der Waals surface area contributed by atoms with Crippen LogP contribution >= 0.6 is 0 Å². The van der Waals surface area contributed by atoms with Crippen molar-refractivity contribution in [2.24, 2.45) is 0 Å². The van der Waals surface area contributed by atoms with Crippen LogP contribution in [0.3, 0.4) is 0 Å². The summed E-state index contributed by atoms with van der Waals surface area (Å²) in [6.07, 6.45) is 5.23. The summed E-state index contributed by atoms with van der Waals surface area (Å²) in [5, 5.41) is 5.36. The highest BCUT2D eigenvalue weighted by molar-refractivity contribution is 6.06. The number of allylic oxidation sites excluding steroid dienone is 2. The summed E-state index contributed by atoms with van der Waals surface area (Å²) < 4.78 is 32.0. The third-order valence-corrected chi connectivity index (χ3v) is 4.83. The molecular weight excluding hydrogens is 438 g/mol. The highest BCUT2D eigenvalue weighted by Crippen LogP contribution is 2.22.